The average Bonchev–Trinajstić information content (AvgIpc) is 2.84. The summed E-state index contributed by atoms with van der Waals surface area (Å²) >= 11 is 6.10. The van der Waals surface area contributed by atoms with E-state index in [1.165, 1.54) is 4.57 Å². The number of aromatic nitrogens is 3. The molecular weight excluding hydrogens is 534 g/mol. The highest BCUT2D eigenvalue weighted by molar-refractivity contribution is 8.13. The number of halogens is 3. The standard InChI is InChI=1S/C26H31ClF2N6O2S/c1-6-38(5)34-23(36)22-19(7-8-20(27)32-22)31-15(3)17-9-14(2)10-18-21(17)33-25(35(4)24(18)37)30-13-16-11-26(28,29)12-16/h6-10,15-16,31H,11-13H2,1-5H3,(H,30,33)(H,34,36)/t15-,38?/m1/s1. The van der Waals surface area contributed by atoms with E-state index in [1.807, 2.05) is 38.5 Å². The van der Waals surface area contributed by atoms with Crippen LogP contribution >= 0.6 is 22.3 Å². The number of benzene rings is 1. The third kappa shape index (κ3) is 5.99. The van der Waals surface area contributed by atoms with Gasteiger partial charge in [0, 0.05) is 32.0 Å². The van der Waals surface area contributed by atoms with Crippen LogP contribution in [0.5, 0.6) is 0 Å². The Morgan fingerprint density at radius 2 is 2.03 bits per heavy atom. The molecule has 2 atom stereocenters. The predicted octanol–water partition coefficient (Wildman–Crippen LogP) is 5.29. The summed E-state index contributed by atoms with van der Waals surface area (Å²) in [5.74, 6) is -2.83. The number of hydrogen-bond donors (Lipinski definition) is 3. The number of rotatable bonds is 8. The molecule has 0 aliphatic heterocycles. The van der Waals surface area contributed by atoms with Gasteiger partial charge in [0.2, 0.25) is 11.9 Å². The van der Waals surface area contributed by atoms with Crippen molar-refractivity contribution in [1.29, 1.82) is 0 Å². The van der Waals surface area contributed by atoms with Crippen molar-refractivity contribution in [2.75, 3.05) is 23.4 Å². The van der Waals surface area contributed by atoms with Gasteiger partial charge < -0.3 is 15.4 Å². The summed E-state index contributed by atoms with van der Waals surface area (Å²) in [7, 11) is 1.17. The van der Waals surface area contributed by atoms with Crippen molar-refractivity contribution in [2.24, 2.45) is 13.0 Å². The van der Waals surface area contributed by atoms with E-state index in [0.717, 1.165) is 11.1 Å². The molecule has 1 aliphatic rings. The van der Waals surface area contributed by atoms with Gasteiger partial charge in [-0.3, -0.25) is 14.2 Å². The Bertz CT molecular complexity index is 1480. The van der Waals surface area contributed by atoms with Gasteiger partial charge in [-0.1, -0.05) is 17.7 Å². The molecule has 8 nitrogen and oxygen atoms in total. The quantitative estimate of drug-likeness (QED) is 0.254. The van der Waals surface area contributed by atoms with E-state index in [4.69, 9.17) is 16.6 Å². The second-order valence-corrected chi connectivity index (χ2v) is 11.9. The van der Waals surface area contributed by atoms with E-state index in [2.05, 4.69) is 20.3 Å². The molecular formula is C26H31ClF2N6O2S. The minimum atomic E-state index is -2.61. The first-order valence-corrected chi connectivity index (χ1v) is 14.3. The zero-order valence-electron chi connectivity index (χ0n) is 21.9. The van der Waals surface area contributed by atoms with Gasteiger partial charge in [-0.25, -0.2) is 18.7 Å². The number of carbonyl (C=O) groups excluding carboxylic acids is 1. The molecule has 12 heteroatoms. The summed E-state index contributed by atoms with van der Waals surface area (Å²) in [6, 6.07) is 6.63. The van der Waals surface area contributed by atoms with Crippen molar-refractivity contribution in [3.8, 4) is 0 Å². The molecule has 2 aromatic heterocycles. The summed E-state index contributed by atoms with van der Waals surface area (Å²) < 4.78 is 30.8. The Hall–Kier alpha value is -3.05. The molecule has 4 rings (SSSR count). The van der Waals surface area contributed by atoms with Crippen LogP contribution in [0, 0.1) is 12.8 Å². The molecule has 1 fully saturated rings. The summed E-state index contributed by atoms with van der Waals surface area (Å²) in [6.07, 6.45) is 1.53. The molecule has 0 saturated heterocycles. The number of nitrogens with one attached hydrogen (secondary N) is 3. The maximum Gasteiger partial charge on any atom is 0.281 e. The Morgan fingerprint density at radius 3 is 2.68 bits per heavy atom. The van der Waals surface area contributed by atoms with Gasteiger partial charge in [0.1, 0.15) is 5.15 Å². The molecule has 0 bridgehead atoms. The van der Waals surface area contributed by atoms with Gasteiger partial charge in [0.15, 0.2) is 5.69 Å². The third-order valence-electron chi connectivity index (χ3n) is 6.60. The van der Waals surface area contributed by atoms with E-state index in [0.29, 0.717) is 29.1 Å². The maximum absolute atomic E-state index is 13.3. The number of hydrogen-bond acceptors (Lipinski definition) is 6. The van der Waals surface area contributed by atoms with Crippen LogP contribution in [-0.4, -0.2) is 44.5 Å². The predicted molar refractivity (Wildman–Crippen MR) is 152 cm³/mol. The number of anilines is 2. The molecule has 204 valence electrons. The van der Waals surface area contributed by atoms with E-state index in [1.54, 1.807) is 25.2 Å². The molecule has 1 saturated carbocycles. The topological polar surface area (TPSA) is 101 Å². The van der Waals surface area contributed by atoms with Gasteiger partial charge in [0.25, 0.3) is 11.5 Å². The number of pyridine rings is 1. The first kappa shape index (κ1) is 28.0. The minimum Gasteiger partial charge on any atom is -0.377 e. The van der Waals surface area contributed by atoms with Crippen LogP contribution in [-0.2, 0) is 7.05 Å². The maximum atomic E-state index is 13.3. The Balaban J connectivity index is 1.68. The zero-order chi connectivity index (χ0) is 27.8. The molecule has 1 unspecified atom stereocenters. The van der Waals surface area contributed by atoms with Gasteiger partial charge >= 0.3 is 0 Å². The van der Waals surface area contributed by atoms with Crippen LogP contribution < -0.4 is 20.9 Å². The summed E-state index contributed by atoms with van der Waals surface area (Å²) in [6.45, 7) is 5.96. The van der Waals surface area contributed by atoms with Crippen LogP contribution in [0.2, 0.25) is 5.15 Å². The molecule has 2 heterocycles. The smallest absolute Gasteiger partial charge is 0.281 e. The molecule has 38 heavy (non-hydrogen) atoms. The molecule has 0 spiro atoms. The number of fused-ring (bicyclic) bond motifs is 1. The van der Waals surface area contributed by atoms with Crippen molar-refractivity contribution in [3.63, 3.8) is 0 Å². The lowest BCUT2D eigenvalue weighted by atomic mass is 9.81. The van der Waals surface area contributed by atoms with E-state index in [-0.39, 0.29) is 47.1 Å². The highest BCUT2D eigenvalue weighted by Gasteiger charge is 2.44. The van der Waals surface area contributed by atoms with E-state index in [9.17, 15) is 18.4 Å². The second kappa shape index (κ2) is 11.0. The molecule has 3 N–H and O–H groups in total. The average molecular weight is 565 g/mol. The highest BCUT2D eigenvalue weighted by Crippen LogP contribution is 2.42. The van der Waals surface area contributed by atoms with Gasteiger partial charge in [-0.2, -0.15) is 0 Å². The van der Waals surface area contributed by atoms with Crippen molar-refractivity contribution < 1.29 is 13.6 Å². The van der Waals surface area contributed by atoms with Crippen LogP contribution in [0.4, 0.5) is 20.4 Å². The summed E-state index contributed by atoms with van der Waals surface area (Å²) in [5, 5.41) is 8.94. The van der Waals surface area contributed by atoms with Crippen LogP contribution in [0.3, 0.4) is 0 Å². The Morgan fingerprint density at radius 1 is 1.32 bits per heavy atom. The Labute approximate surface area is 227 Å². The number of carbonyl (C=O) groups is 1. The molecule has 1 aliphatic carbocycles. The zero-order valence-corrected chi connectivity index (χ0v) is 23.4. The number of aryl methyl sites for hydroxylation is 1. The number of alkyl halides is 2. The fourth-order valence-corrected chi connectivity index (χ4v) is 5.15. The van der Waals surface area contributed by atoms with Crippen molar-refractivity contribution >= 4 is 56.1 Å². The highest BCUT2D eigenvalue weighted by atomic mass is 35.5. The van der Waals surface area contributed by atoms with Gasteiger partial charge in [0.05, 0.1) is 22.6 Å². The van der Waals surface area contributed by atoms with Crippen LogP contribution in [0.25, 0.3) is 10.9 Å². The normalized spacial score (nSPS) is 16.6. The van der Waals surface area contributed by atoms with Crippen molar-refractivity contribution in [3.05, 3.63) is 56.6 Å². The number of nitrogens with zero attached hydrogens (tertiary/aromatic N) is 3. The van der Waals surface area contributed by atoms with E-state index >= 15 is 0 Å². The van der Waals surface area contributed by atoms with E-state index < -0.39 is 16.6 Å². The third-order valence-corrected chi connectivity index (χ3v) is 8.02. The van der Waals surface area contributed by atoms with Crippen LogP contribution in [0.1, 0.15) is 54.3 Å². The summed E-state index contributed by atoms with van der Waals surface area (Å²) in [5.41, 5.74) is 2.50. The van der Waals surface area contributed by atoms with Crippen molar-refractivity contribution in [2.45, 2.75) is 45.6 Å². The summed E-state index contributed by atoms with van der Waals surface area (Å²) in [4.78, 5) is 35.1. The van der Waals surface area contributed by atoms with Gasteiger partial charge in [-0.05, 0) is 62.1 Å². The second-order valence-electron chi connectivity index (χ2n) is 9.68. The Kier molecular flexibility index (Phi) is 8.08. The van der Waals surface area contributed by atoms with Crippen molar-refractivity contribution in [1.82, 2.24) is 19.3 Å². The number of amides is 1. The molecule has 0 radical (unpaired) electrons. The fraction of sp³-hybridized carbons (Fsp3) is 0.423. The first-order chi connectivity index (χ1) is 17.9. The minimum absolute atomic E-state index is 0.158. The fourth-order valence-electron chi connectivity index (χ4n) is 4.49. The largest absolute Gasteiger partial charge is 0.377 e. The lowest BCUT2D eigenvalue weighted by Crippen LogP contribution is -2.39. The molecule has 1 aromatic carbocycles. The van der Waals surface area contributed by atoms with Crippen LogP contribution in [0.15, 0.2) is 29.1 Å². The monoisotopic (exact) mass is 564 g/mol. The SMILES string of the molecule is C/C=S(\C)NC(=O)c1nc(Cl)ccc1N[C@H](C)c1cc(C)cc2c(=O)n(C)c(NCC3CC(F)(F)C3)nc12. The first-order valence-electron chi connectivity index (χ1n) is 12.2. The lowest BCUT2D eigenvalue weighted by molar-refractivity contribution is -0.106. The molecule has 1 amide bonds. The lowest BCUT2D eigenvalue weighted by Gasteiger charge is -2.35. The molecule has 3 aromatic rings. The van der Waals surface area contributed by atoms with Gasteiger partial charge in [-0.15, -0.1) is 10.7 Å².